The zero-order valence-electron chi connectivity index (χ0n) is 10.5. The van der Waals surface area contributed by atoms with E-state index in [4.69, 9.17) is 0 Å². The van der Waals surface area contributed by atoms with Crippen LogP contribution in [-0.2, 0) is 6.54 Å². The van der Waals surface area contributed by atoms with E-state index < -0.39 is 0 Å². The van der Waals surface area contributed by atoms with Crippen LogP contribution >= 0.6 is 0 Å². The molecule has 2 rings (SSSR count). The summed E-state index contributed by atoms with van der Waals surface area (Å²) in [5.74, 6) is -0.139. The topological polar surface area (TPSA) is 32.3 Å². The first-order chi connectivity index (χ1) is 7.99. The summed E-state index contributed by atoms with van der Waals surface area (Å²) in [5, 5.41) is 13.1. The largest absolute Gasteiger partial charge is 0.508 e. The van der Waals surface area contributed by atoms with Crippen LogP contribution in [0.5, 0.6) is 5.75 Å². The Morgan fingerprint density at radius 2 is 2.24 bits per heavy atom. The van der Waals surface area contributed by atoms with Crippen LogP contribution in [0.2, 0.25) is 0 Å². The van der Waals surface area contributed by atoms with Crippen molar-refractivity contribution in [2.75, 3.05) is 0 Å². The molecule has 0 radical (unpaired) electrons. The van der Waals surface area contributed by atoms with Gasteiger partial charge < -0.3 is 10.4 Å². The maximum Gasteiger partial charge on any atom is 0.123 e. The van der Waals surface area contributed by atoms with Crippen LogP contribution in [0.15, 0.2) is 18.2 Å². The Balaban J connectivity index is 2.00. The van der Waals surface area contributed by atoms with Crippen LogP contribution in [0, 0.1) is 11.2 Å². The summed E-state index contributed by atoms with van der Waals surface area (Å²) >= 11 is 0. The first-order valence-electron chi connectivity index (χ1n) is 6.20. The first-order valence-corrected chi connectivity index (χ1v) is 6.20. The van der Waals surface area contributed by atoms with Crippen molar-refractivity contribution in [3.8, 4) is 5.75 Å². The number of aromatic hydroxyl groups is 1. The van der Waals surface area contributed by atoms with Crippen LogP contribution in [0.25, 0.3) is 0 Å². The summed E-state index contributed by atoms with van der Waals surface area (Å²) < 4.78 is 13.1. The molecule has 94 valence electrons. The second-order valence-corrected chi connectivity index (χ2v) is 5.59. The maximum absolute atomic E-state index is 13.1. The lowest BCUT2D eigenvalue weighted by molar-refractivity contribution is 0.281. The molecule has 1 aliphatic rings. The van der Waals surface area contributed by atoms with Crippen molar-refractivity contribution in [2.24, 2.45) is 5.41 Å². The van der Waals surface area contributed by atoms with Gasteiger partial charge in [0.25, 0.3) is 0 Å². The quantitative estimate of drug-likeness (QED) is 0.846. The predicted molar refractivity (Wildman–Crippen MR) is 66.3 cm³/mol. The van der Waals surface area contributed by atoms with Crippen molar-refractivity contribution < 1.29 is 9.50 Å². The minimum atomic E-state index is -0.301. The van der Waals surface area contributed by atoms with Gasteiger partial charge in [-0.05, 0) is 36.5 Å². The van der Waals surface area contributed by atoms with Crippen molar-refractivity contribution >= 4 is 0 Å². The minimum Gasteiger partial charge on any atom is -0.508 e. The fourth-order valence-corrected chi connectivity index (χ4v) is 2.63. The van der Waals surface area contributed by atoms with Gasteiger partial charge in [0.15, 0.2) is 0 Å². The monoisotopic (exact) mass is 237 g/mol. The molecule has 1 saturated carbocycles. The van der Waals surface area contributed by atoms with Crippen molar-refractivity contribution in [1.29, 1.82) is 0 Å². The number of halogens is 1. The van der Waals surface area contributed by atoms with Crippen LogP contribution in [-0.4, -0.2) is 11.1 Å². The summed E-state index contributed by atoms with van der Waals surface area (Å²) in [6.45, 7) is 5.03. The number of phenolic OH excluding ortho intramolecular Hbond substituents is 1. The van der Waals surface area contributed by atoms with Crippen LogP contribution in [0.1, 0.15) is 38.7 Å². The molecule has 3 heteroatoms. The Bertz CT molecular complexity index is 403. The summed E-state index contributed by atoms with van der Waals surface area (Å²) in [6, 6.07) is 4.53. The summed E-state index contributed by atoms with van der Waals surface area (Å²) in [4.78, 5) is 0. The number of nitrogens with one attached hydrogen (secondary N) is 1. The van der Waals surface area contributed by atoms with Gasteiger partial charge in [-0.3, -0.25) is 0 Å². The van der Waals surface area contributed by atoms with Crippen LogP contribution in [0.3, 0.4) is 0 Å². The molecule has 0 saturated heterocycles. The molecular weight excluding hydrogens is 217 g/mol. The molecule has 0 bridgehead atoms. The number of hydrogen-bond donors (Lipinski definition) is 2. The summed E-state index contributed by atoms with van der Waals surface area (Å²) in [5.41, 5.74) is 0.927. The van der Waals surface area contributed by atoms with Gasteiger partial charge in [0.05, 0.1) is 0 Å². The Kier molecular flexibility index (Phi) is 3.38. The molecule has 1 atom stereocenters. The van der Waals surface area contributed by atoms with E-state index in [0.717, 1.165) is 6.42 Å². The highest BCUT2D eigenvalue weighted by molar-refractivity contribution is 5.32. The van der Waals surface area contributed by atoms with E-state index in [9.17, 15) is 9.50 Å². The molecule has 2 nitrogen and oxygen atoms in total. The Morgan fingerprint density at radius 3 is 2.88 bits per heavy atom. The number of phenols is 1. The van der Waals surface area contributed by atoms with Gasteiger partial charge >= 0.3 is 0 Å². The predicted octanol–water partition coefficient (Wildman–Crippen LogP) is 3.20. The van der Waals surface area contributed by atoms with Crippen LogP contribution in [0.4, 0.5) is 4.39 Å². The highest BCUT2D eigenvalue weighted by atomic mass is 19.1. The molecule has 0 aliphatic heterocycles. The third-order valence-corrected chi connectivity index (χ3v) is 3.84. The lowest BCUT2D eigenvalue weighted by Gasteiger charge is -2.28. The second-order valence-electron chi connectivity index (χ2n) is 5.59. The second kappa shape index (κ2) is 4.65. The molecule has 0 heterocycles. The van der Waals surface area contributed by atoms with E-state index in [1.807, 2.05) is 0 Å². The molecule has 1 aromatic rings. The molecule has 2 N–H and O–H groups in total. The number of benzene rings is 1. The molecule has 1 aromatic carbocycles. The van der Waals surface area contributed by atoms with Gasteiger partial charge in [0, 0.05) is 18.2 Å². The van der Waals surface area contributed by atoms with Gasteiger partial charge in [0.1, 0.15) is 11.6 Å². The Labute approximate surface area is 102 Å². The van der Waals surface area contributed by atoms with Crippen molar-refractivity contribution in [3.63, 3.8) is 0 Å². The third-order valence-electron chi connectivity index (χ3n) is 3.84. The third kappa shape index (κ3) is 2.78. The zero-order chi connectivity index (χ0) is 12.5. The molecular formula is C14H20FNO. The fourth-order valence-electron chi connectivity index (χ4n) is 2.63. The molecule has 0 spiro atoms. The Hall–Kier alpha value is -1.09. The van der Waals surface area contributed by atoms with Gasteiger partial charge in [0.2, 0.25) is 0 Å². The highest BCUT2D eigenvalue weighted by Crippen LogP contribution is 2.37. The highest BCUT2D eigenvalue weighted by Gasteiger charge is 2.33. The van der Waals surface area contributed by atoms with E-state index in [1.54, 1.807) is 0 Å². The lowest BCUT2D eigenvalue weighted by Crippen LogP contribution is -2.37. The average Bonchev–Trinajstić information content (AvgIpc) is 2.59. The van der Waals surface area contributed by atoms with Crippen molar-refractivity contribution in [3.05, 3.63) is 29.6 Å². The van der Waals surface area contributed by atoms with Crippen molar-refractivity contribution in [2.45, 2.75) is 45.7 Å². The zero-order valence-corrected chi connectivity index (χ0v) is 10.5. The van der Waals surface area contributed by atoms with E-state index in [0.29, 0.717) is 23.6 Å². The molecule has 17 heavy (non-hydrogen) atoms. The van der Waals surface area contributed by atoms with Gasteiger partial charge in [-0.25, -0.2) is 4.39 Å². The van der Waals surface area contributed by atoms with E-state index in [1.165, 1.54) is 31.0 Å². The lowest BCUT2D eigenvalue weighted by atomic mass is 9.87. The number of hydrogen-bond acceptors (Lipinski definition) is 2. The molecule has 1 fully saturated rings. The number of rotatable bonds is 3. The molecule has 1 unspecified atom stereocenters. The molecule has 0 amide bonds. The molecule has 1 aliphatic carbocycles. The van der Waals surface area contributed by atoms with E-state index in [-0.39, 0.29) is 11.6 Å². The maximum atomic E-state index is 13.1. The average molecular weight is 237 g/mol. The summed E-state index contributed by atoms with van der Waals surface area (Å²) in [7, 11) is 0. The summed E-state index contributed by atoms with van der Waals surface area (Å²) in [6.07, 6.45) is 3.61. The van der Waals surface area contributed by atoms with E-state index in [2.05, 4.69) is 19.2 Å². The van der Waals surface area contributed by atoms with Crippen molar-refractivity contribution in [1.82, 2.24) is 5.32 Å². The van der Waals surface area contributed by atoms with Gasteiger partial charge in [-0.15, -0.1) is 0 Å². The van der Waals surface area contributed by atoms with Crippen LogP contribution < -0.4 is 5.32 Å². The fraction of sp³-hybridized carbons (Fsp3) is 0.571. The standard InChI is InChI=1S/C14H20FNO/c1-14(2)7-3-4-13(14)16-9-10-8-11(15)5-6-12(10)17/h5-6,8,13,16-17H,3-4,7,9H2,1-2H3. The van der Waals surface area contributed by atoms with E-state index >= 15 is 0 Å². The first kappa shape index (κ1) is 12.4. The Morgan fingerprint density at radius 1 is 1.47 bits per heavy atom. The molecule has 0 aromatic heterocycles. The normalized spacial score (nSPS) is 22.9. The SMILES string of the molecule is CC1(C)CCCC1NCc1cc(F)ccc1O. The van der Waals surface area contributed by atoms with Gasteiger partial charge in [-0.2, -0.15) is 0 Å². The van der Waals surface area contributed by atoms with Gasteiger partial charge in [-0.1, -0.05) is 20.3 Å². The smallest absolute Gasteiger partial charge is 0.123 e. The minimum absolute atomic E-state index is 0.162.